The molecule has 0 aromatic carbocycles. The molecule has 1 N–H and O–H groups in total. The number of hydrogen-bond acceptors (Lipinski definition) is 4. The molecule has 1 aliphatic heterocycles. The van der Waals surface area contributed by atoms with Crippen LogP contribution < -0.4 is 5.32 Å². The van der Waals surface area contributed by atoms with Crippen LogP contribution in [0.15, 0.2) is 0 Å². The standard InChI is InChI=1S/C12H24N2O2S/c1-10(14(2)12-5-6-12)8-13-11-4-3-7-17(15,16)9-11/h10-13H,3-9H2,1-2H3. The van der Waals surface area contributed by atoms with Gasteiger partial charge in [0.05, 0.1) is 11.5 Å². The van der Waals surface area contributed by atoms with Gasteiger partial charge in [-0.25, -0.2) is 8.42 Å². The summed E-state index contributed by atoms with van der Waals surface area (Å²) in [6.07, 6.45) is 4.45. The van der Waals surface area contributed by atoms with Crippen molar-refractivity contribution in [3.05, 3.63) is 0 Å². The maximum Gasteiger partial charge on any atom is 0.151 e. The number of rotatable bonds is 5. The van der Waals surface area contributed by atoms with Crippen molar-refractivity contribution in [3.63, 3.8) is 0 Å². The molecule has 100 valence electrons. The first kappa shape index (κ1) is 13.3. The van der Waals surface area contributed by atoms with E-state index in [2.05, 4.69) is 24.2 Å². The van der Waals surface area contributed by atoms with Crippen molar-refractivity contribution in [1.29, 1.82) is 0 Å². The molecule has 0 aromatic rings. The van der Waals surface area contributed by atoms with E-state index in [0.29, 0.717) is 17.5 Å². The van der Waals surface area contributed by atoms with Gasteiger partial charge in [0.15, 0.2) is 9.84 Å². The zero-order valence-corrected chi connectivity index (χ0v) is 11.7. The predicted octanol–water partition coefficient (Wildman–Crippen LogP) is 0.636. The molecule has 1 aliphatic carbocycles. The zero-order valence-electron chi connectivity index (χ0n) is 10.9. The number of likely N-dealkylation sites (N-methyl/N-ethyl adjacent to an activating group) is 1. The Morgan fingerprint density at radius 1 is 1.35 bits per heavy atom. The van der Waals surface area contributed by atoms with Crippen LogP contribution in [-0.2, 0) is 9.84 Å². The summed E-state index contributed by atoms with van der Waals surface area (Å²) in [5.41, 5.74) is 0. The highest BCUT2D eigenvalue weighted by Gasteiger charge is 2.30. The smallest absolute Gasteiger partial charge is 0.151 e. The highest BCUT2D eigenvalue weighted by Crippen LogP contribution is 2.26. The second-order valence-electron chi connectivity index (χ2n) is 5.61. The summed E-state index contributed by atoms with van der Waals surface area (Å²) in [5.74, 6) is 0.704. The molecule has 2 aliphatic rings. The predicted molar refractivity (Wildman–Crippen MR) is 69.9 cm³/mol. The Kier molecular flexibility index (Phi) is 4.10. The molecule has 17 heavy (non-hydrogen) atoms. The Labute approximate surface area is 105 Å². The van der Waals surface area contributed by atoms with Crippen LogP contribution in [0.5, 0.6) is 0 Å². The van der Waals surface area contributed by atoms with Gasteiger partial charge in [-0.3, -0.25) is 4.90 Å². The molecular weight excluding hydrogens is 236 g/mol. The van der Waals surface area contributed by atoms with Gasteiger partial charge in [0.2, 0.25) is 0 Å². The van der Waals surface area contributed by atoms with Crippen LogP contribution in [0.1, 0.15) is 32.6 Å². The molecule has 2 atom stereocenters. The van der Waals surface area contributed by atoms with E-state index in [1.54, 1.807) is 0 Å². The third-order valence-corrected chi connectivity index (χ3v) is 5.80. The molecule has 0 spiro atoms. The summed E-state index contributed by atoms with van der Waals surface area (Å²) < 4.78 is 23.0. The third-order valence-electron chi connectivity index (χ3n) is 3.98. The van der Waals surface area contributed by atoms with Crippen LogP contribution in [0.2, 0.25) is 0 Å². The van der Waals surface area contributed by atoms with Crippen LogP contribution >= 0.6 is 0 Å². The average Bonchev–Trinajstić information content (AvgIpc) is 3.07. The summed E-state index contributed by atoms with van der Waals surface area (Å²) in [5, 5.41) is 3.42. The minimum atomic E-state index is -2.78. The quantitative estimate of drug-likeness (QED) is 0.788. The van der Waals surface area contributed by atoms with Crippen LogP contribution in [0.25, 0.3) is 0 Å². The molecule has 2 fully saturated rings. The molecule has 0 radical (unpaired) electrons. The summed E-state index contributed by atoms with van der Waals surface area (Å²) >= 11 is 0. The lowest BCUT2D eigenvalue weighted by molar-refractivity contribution is 0.235. The number of nitrogens with one attached hydrogen (secondary N) is 1. The minimum absolute atomic E-state index is 0.170. The zero-order chi connectivity index (χ0) is 12.5. The van der Waals surface area contributed by atoms with Crippen molar-refractivity contribution in [2.75, 3.05) is 25.1 Å². The van der Waals surface area contributed by atoms with Gasteiger partial charge < -0.3 is 5.32 Å². The van der Waals surface area contributed by atoms with Crippen molar-refractivity contribution in [2.45, 2.75) is 50.7 Å². The van der Waals surface area contributed by atoms with E-state index in [9.17, 15) is 8.42 Å². The van der Waals surface area contributed by atoms with Gasteiger partial charge in [-0.2, -0.15) is 0 Å². The van der Waals surface area contributed by atoms with E-state index >= 15 is 0 Å². The molecule has 1 saturated heterocycles. The lowest BCUT2D eigenvalue weighted by Crippen LogP contribution is -2.46. The normalized spacial score (nSPS) is 30.4. The van der Waals surface area contributed by atoms with Gasteiger partial charge in [0.1, 0.15) is 0 Å². The van der Waals surface area contributed by atoms with Crippen molar-refractivity contribution < 1.29 is 8.42 Å². The van der Waals surface area contributed by atoms with Crippen molar-refractivity contribution >= 4 is 9.84 Å². The number of nitrogens with zero attached hydrogens (tertiary/aromatic N) is 1. The maximum atomic E-state index is 11.5. The topological polar surface area (TPSA) is 49.4 Å². The van der Waals surface area contributed by atoms with Crippen molar-refractivity contribution in [1.82, 2.24) is 10.2 Å². The minimum Gasteiger partial charge on any atom is -0.311 e. The molecule has 2 rings (SSSR count). The Balaban J connectivity index is 1.73. The van der Waals surface area contributed by atoms with Gasteiger partial charge in [-0.05, 0) is 39.7 Å². The first-order valence-electron chi connectivity index (χ1n) is 6.64. The lowest BCUT2D eigenvalue weighted by Gasteiger charge is -2.29. The molecule has 1 heterocycles. The van der Waals surface area contributed by atoms with Gasteiger partial charge in [0.25, 0.3) is 0 Å². The Morgan fingerprint density at radius 2 is 2.06 bits per heavy atom. The van der Waals surface area contributed by atoms with E-state index in [1.807, 2.05) is 0 Å². The van der Waals surface area contributed by atoms with E-state index in [-0.39, 0.29) is 6.04 Å². The second-order valence-corrected chi connectivity index (χ2v) is 7.84. The fourth-order valence-corrected chi connectivity index (χ4v) is 4.18. The van der Waals surface area contributed by atoms with Crippen molar-refractivity contribution in [3.8, 4) is 0 Å². The molecule has 2 unspecified atom stereocenters. The third kappa shape index (κ3) is 3.93. The monoisotopic (exact) mass is 260 g/mol. The summed E-state index contributed by atoms with van der Waals surface area (Å²) in [6, 6.07) is 1.43. The van der Waals surface area contributed by atoms with E-state index in [0.717, 1.165) is 25.4 Å². The van der Waals surface area contributed by atoms with Gasteiger partial charge in [0, 0.05) is 24.7 Å². The molecule has 0 amide bonds. The lowest BCUT2D eigenvalue weighted by atomic mass is 10.1. The Morgan fingerprint density at radius 3 is 2.65 bits per heavy atom. The largest absolute Gasteiger partial charge is 0.311 e. The first-order valence-corrected chi connectivity index (χ1v) is 8.46. The van der Waals surface area contributed by atoms with E-state index in [1.165, 1.54) is 12.8 Å². The number of hydrogen-bond donors (Lipinski definition) is 1. The Bertz CT molecular complexity index is 352. The molecule has 4 nitrogen and oxygen atoms in total. The van der Waals surface area contributed by atoms with Crippen LogP contribution in [0, 0.1) is 0 Å². The molecular formula is C12H24N2O2S. The highest BCUT2D eigenvalue weighted by molar-refractivity contribution is 7.91. The molecule has 1 saturated carbocycles. The van der Waals surface area contributed by atoms with Crippen LogP contribution in [0.4, 0.5) is 0 Å². The fourth-order valence-electron chi connectivity index (χ4n) is 2.51. The molecule has 0 aromatic heterocycles. The second kappa shape index (κ2) is 5.24. The van der Waals surface area contributed by atoms with E-state index in [4.69, 9.17) is 0 Å². The maximum absolute atomic E-state index is 11.5. The van der Waals surface area contributed by atoms with Crippen LogP contribution in [-0.4, -0.2) is 56.5 Å². The van der Waals surface area contributed by atoms with Crippen LogP contribution in [0.3, 0.4) is 0 Å². The van der Waals surface area contributed by atoms with Gasteiger partial charge in [-0.1, -0.05) is 0 Å². The highest BCUT2D eigenvalue weighted by atomic mass is 32.2. The van der Waals surface area contributed by atoms with Gasteiger partial charge in [-0.15, -0.1) is 0 Å². The fraction of sp³-hybridized carbons (Fsp3) is 1.00. The van der Waals surface area contributed by atoms with Gasteiger partial charge >= 0.3 is 0 Å². The summed E-state index contributed by atoms with van der Waals surface area (Å²) in [4.78, 5) is 2.41. The average molecular weight is 260 g/mol. The summed E-state index contributed by atoms with van der Waals surface area (Å²) in [6.45, 7) is 3.11. The van der Waals surface area contributed by atoms with E-state index < -0.39 is 9.84 Å². The first-order chi connectivity index (χ1) is 7.98. The SMILES string of the molecule is CC(CNC1CCCS(=O)(=O)C1)N(C)C1CC1. The van der Waals surface area contributed by atoms with Crippen molar-refractivity contribution in [2.24, 2.45) is 0 Å². The molecule has 0 bridgehead atoms. The Hall–Kier alpha value is -0.130. The number of sulfone groups is 1. The summed E-state index contributed by atoms with van der Waals surface area (Å²) in [7, 11) is -0.612. The molecule has 5 heteroatoms.